The fourth-order valence-corrected chi connectivity index (χ4v) is 2.20. The Labute approximate surface area is 115 Å². The van der Waals surface area contributed by atoms with Gasteiger partial charge < -0.3 is 15.8 Å². The first kappa shape index (κ1) is 12.0. The van der Waals surface area contributed by atoms with Gasteiger partial charge in [0.15, 0.2) is 0 Å². The van der Waals surface area contributed by atoms with Crippen molar-refractivity contribution in [3.63, 3.8) is 0 Å². The molecule has 0 spiro atoms. The zero-order valence-corrected chi connectivity index (χ0v) is 10.7. The second kappa shape index (κ2) is 4.59. The average Bonchev–Trinajstić information content (AvgIpc) is 2.93. The number of methoxy groups -OCH3 is 1. The number of hydrogen-bond donors (Lipinski definition) is 2. The monoisotopic (exact) mass is 268 g/mol. The molecule has 1 aromatic heterocycles. The molecule has 20 heavy (non-hydrogen) atoms. The van der Waals surface area contributed by atoms with Crippen molar-refractivity contribution in [3.8, 4) is 11.8 Å². The van der Waals surface area contributed by atoms with Crippen molar-refractivity contribution < 1.29 is 4.74 Å². The second-order valence-corrected chi connectivity index (χ2v) is 4.27. The second-order valence-electron chi connectivity index (χ2n) is 4.27. The van der Waals surface area contributed by atoms with Crippen LogP contribution < -0.4 is 15.8 Å². The van der Waals surface area contributed by atoms with E-state index in [0.29, 0.717) is 17.3 Å². The number of fused-ring (bicyclic) bond motifs is 1. The van der Waals surface area contributed by atoms with Gasteiger partial charge in [-0.1, -0.05) is 12.1 Å². The van der Waals surface area contributed by atoms with Crippen LogP contribution in [0.15, 0.2) is 42.0 Å². The molecule has 0 aliphatic carbocycles. The molecule has 2 heterocycles. The Morgan fingerprint density at radius 2 is 2.15 bits per heavy atom. The first-order chi connectivity index (χ1) is 9.74. The summed E-state index contributed by atoms with van der Waals surface area (Å²) in [6, 6.07) is 9.17. The Morgan fingerprint density at radius 1 is 1.40 bits per heavy atom. The predicted octanol–water partition coefficient (Wildman–Crippen LogP) is 0.995. The van der Waals surface area contributed by atoms with Crippen molar-refractivity contribution in [1.29, 1.82) is 5.26 Å². The van der Waals surface area contributed by atoms with E-state index in [1.54, 1.807) is 11.8 Å². The van der Waals surface area contributed by atoms with Crippen LogP contribution >= 0.6 is 0 Å². The lowest BCUT2D eigenvalue weighted by Crippen LogP contribution is -2.28. The summed E-state index contributed by atoms with van der Waals surface area (Å²) in [6.45, 7) is 0. The topological polar surface area (TPSA) is 102 Å². The molecule has 0 unspecified atom stereocenters. The van der Waals surface area contributed by atoms with Gasteiger partial charge in [-0.05, 0) is 17.7 Å². The maximum Gasteiger partial charge on any atom is 0.227 e. The fraction of sp³-hybridized carbons (Fsp3) is 0.154. The molecule has 1 aromatic carbocycles. The van der Waals surface area contributed by atoms with Gasteiger partial charge in [0.1, 0.15) is 30.0 Å². The number of nitrogens with one attached hydrogen (secondary N) is 1. The molecule has 2 aromatic rings. The summed E-state index contributed by atoms with van der Waals surface area (Å²) in [4.78, 5) is 4.08. The highest BCUT2D eigenvalue weighted by Crippen LogP contribution is 2.33. The summed E-state index contributed by atoms with van der Waals surface area (Å²) >= 11 is 0. The number of aromatic nitrogens is 3. The molecule has 1 atom stereocenters. The van der Waals surface area contributed by atoms with Crippen LogP contribution in [0.25, 0.3) is 0 Å². The average molecular weight is 268 g/mol. The van der Waals surface area contributed by atoms with E-state index in [1.165, 1.54) is 6.33 Å². The Kier molecular flexibility index (Phi) is 2.76. The molecule has 7 nitrogen and oxygen atoms in total. The lowest BCUT2D eigenvalue weighted by Gasteiger charge is -2.25. The summed E-state index contributed by atoms with van der Waals surface area (Å²) in [5, 5.41) is 16.4. The highest BCUT2D eigenvalue weighted by atomic mass is 16.5. The molecule has 0 fully saturated rings. The molecule has 1 aliphatic heterocycles. The summed E-state index contributed by atoms with van der Waals surface area (Å²) < 4.78 is 6.77. The summed E-state index contributed by atoms with van der Waals surface area (Å²) in [5.74, 6) is 1.56. The summed E-state index contributed by atoms with van der Waals surface area (Å²) in [7, 11) is 1.60. The van der Waals surface area contributed by atoms with E-state index < -0.39 is 0 Å². The molecular weight excluding hydrogens is 256 g/mol. The number of rotatable bonds is 2. The SMILES string of the molecule is COc1ccc([C@@H]2C(C#N)=C(N)Nc3ncnn32)cc1. The maximum atomic E-state index is 9.34. The third kappa shape index (κ3) is 1.75. The zero-order chi connectivity index (χ0) is 14.1. The molecule has 0 saturated carbocycles. The van der Waals surface area contributed by atoms with Gasteiger partial charge in [0, 0.05) is 0 Å². The molecule has 3 rings (SSSR count). The third-order valence-corrected chi connectivity index (χ3v) is 3.18. The number of ether oxygens (including phenoxy) is 1. The van der Waals surface area contributed by atoms with Crippen LogP contribution in [0.5, 0.6) is 5.75 Å². The number of hydrogen-bond acceptors (Lipinski definition) is 6. The normalized spacial score (nSPS) is 17.1. The van der Waals surface area contributed by atoms with Crippen LogP contribution in [-0.2, 0) is 0 Å². The minimum Gasteiger partial charge on any atom is -0.497 e. The van der Waals surface area contributed by atoms with Crippen molar-refractivity contribution >= 4 is 5.95 Å². The number of nitrogens with two attached hydrogens (primary N) is 1. The minimum atomic E-state index is -0.385. The van der Waals surface area contributed by atoms with Crippen molar-refractivity contribution in [2.45, 2.75) is 6.04 Å². The standard InChI is InChI=1S/C13H12N6O/c1-20-9-4-2-8(3-5-9)11-10(6-14)12(15)18-13-16-7-17-19(11)13/h2-5,7,11H,15H2,1H3,(H,16,17,18)/t11-/m1/s1. The molecule has 3 N–H and O–H groups in total. The Balaban J connectivity index is 2.12. The molecule has 7 heteroatoms. The predicted molar refractivity (Wildman–Crippen MR) is 71.6 cm³/mol. The smallest absolute Gasteiger partial charge is 0.227 e. The molecule has 0 bridgehead atoms. The number of allylic oxidation sites excluding steroid dienone is 1. The molecule has 0 amide bonds. The molecule has 0 radical (unpaired) electrons. The third-order valence-electron chi connectivity index (χ3n) is 3.18. The van der Waals surface area contributed by atoms with Crippen LogP contribution in [0.1, 0.15) is 11.6 Å². The molecule has 0 saturated heterocycles. The van der Waals surface area contributed by atoms with Gasteiger partial charge in [0.2, 0.25) is 5.95 Å². The van der Waals surface area contributed by atoms with Crippen molar-refractivity contribution in [1.82, 2.24) is 14.8 Å². The van der Waals surface area contributed by atoms with Gasteiger partial charge in [-0.15, -0.1) is 0 Å². The highest BCUT2D eigenvalue weighted by Gasteiger charge is 2.29. The maximum absolute atomic E-state index is 9.34. The highest BCUT2D eigenvalue weighted by molar-refractivity contribution is 5.51. The van der Waals surface area contributed by atoms with Gasteiger partial charge in [-0.25, -0.2) is 4.68 Å². The lowest BCUT2D eigenvalue weighted by atomic mass is 9.98. The molecular formula is C13H12N6O. The molecule has 1 aliphatic rings. The number of nitriles is 1. The Morgan fingerprint density at radius 3 is 2.80 bits per heavy atom. The largest absolute Gasteiger partial charge is 0.497 e. The number of anilines is 1. The zero-order valence-electron chi connectivity index (χ0n) is 10.7. The van der Waals surface area contributed by atoms with E-state index in [4.69, 9.17) is 10.5 Å². The van der Waals surface area contributed by atoms with E-state index in [9.17, 15) is 5.26 Å². The van der Waals surface area contributed by atoms with Gasteiger partial charge in [0.05, 0.1) is 12.7 Å². The first-order valence-corrected chi connectivity index (χ1v) is 5.95. The minimum absolute atomic E-state index is 0.300. The van der Waals surface area contributed by atoms with E-state index in [2.05, 4.69) is 21.5 Å². The molecule has 100 valence electrons. The van der Waals surface area contributed by atoms with Crippen LogP contribution in [0, 0.1) is 11.3 Å². The van der Waals surface area contributed by atoms with E-state index in [1.807, 2.05) is 24.3 Å². The fourth-order valence-electron chi connectivity index (χ4n) is 2.20. The van der Waals surface area contributed by atoms with Gasteiger partial charge >= 0.3 is 0 Å². The van der Waals surface area contributed by atoms with Crippen molar-refractivity contribution in [2.75, 3.05) is 12.4 Å². The Hall–Kier alpha value is -3.01. The number of benzene rings is 1. The van der Waals surface area contributed by atoms with Crippen molar-refractivity contribution in [2.24, 2.45) is 5.73 Å². The Bertz CT molecular complexity index is 709. The van der Waals surface area contributed by atoms with Crippen LogP contribution in [0.3, 0.4) is 0 Å². The quantitative estimate of drug-likeness (QED) is 0.842. The van der Waals surface area contributed by atoms with Crippen molar-refractivity contribution in [3.05, 3.63) is 47.6 Å². The van der Waals surface area contributed by atoms with Crippen LogP contribution in [-0.4, -0.2) is 21.9 Å². The van der Waals surface area contributed by atoms with Gasteiger partial charge in [-0.2, -0.15) is 15.3 Å². The van der Waals surface area contributed by atoms with Gasteiger partial charge in [0.25, 0.3) is 0 Å². The number of nitrogens with zero attached hydrogens (tertiary/aromatic N) is 4. The lowest BCUT2D eigenvalue weighted by molar-refractivity contribution is 0.414. The summed E-state index contributed by atoms with van der Waals surface area (Å²) in [5.41, 5.74) is 7.19. The van der Waals surface area contributed by atoms with E-state index in [0.717, 1.165) is 11.3 Å². The van der Waals surface area contributed by atoms with E-state index >= 15 is 0 Å². The summed E-state index contributed by atoms with van der Waals surface area (Å²) in [6.07, 6.45) is 1.42. The van der Waals surface area contributed by atoms with Crippen LogP contribution in [0.2, 0.25) is 0 Å². The van der Waals surface area contributed by atoms with Crippen LogP contribution in [0.4, 0.5) is 5.95 Å². The van der Waals surface area contributed by atoms with Gasteiger partial charge in [-0.3, -0.25) is 0 Å². The first-order valence-electron chi connectivity index (χ1n) is 5.95. The van der Waals surface area contributed by atoms with E-state index in [-0.39, 0.29) is 6.04 Å².